The Kier molecular flexibility index (Phi) is 3.96. The summed E-state index contributed by atoms with van der Waals surface area (Å²) in [7, 11) is 0. The monoisotopic (exact) mass is 358 g/mol. The van der Waals surface area contributed by atoms with Crippen molar-refractivity contribution in [2.24, 2.45) is 0 Å². The molecule has 24 heavy (non-hydrogen) atoms. The van der Waals surface area contributed by atoms with E-state index in [4.69, 9.17) is 0 Å². The van der Waals surface area contributed by atoms with E-state index in [1.807, 2.05) is 0 Å². The maximum atomic E-state index is 13.6. The molecule has 3 aromatic rings. The number of alkyl halides is 3. The maximum absolute atomic E-state index is 13.6. The van der Waals surface area contributed by atoms with Crippen LogP contribution in [0.3, 0.4) is 0 Å². The molecular weight excluding hydrogens is 351 g/mol. The van der Waals surface area contributed by atoms with Crippen LogP contribution in [0.25, 0.3) is 10.2 Å². The maximum Gasteiger partial charge on any atom is 0.416 e. The molecule has 0 fully saturated rings. The van der Waals surface area contributed by atoms with E-state index in [-0.39, 0.29) is 20.9 Å². The van der Waals surface area contributed by atoms with Crippen molar-refractivity contribution in [3.63, 3.8) is 0 Å². The Hall–Kier alpha value is -2.55. The van der Waals surface area contributed by atoms with Gasteiger partial charge in [0, 0.05) is 11.6 Å². The summed E-state index contributed by atoms with van der Waals surface area (Å²) in [5.41, 5.74) is -0.991. The Morgan fingerprint density at radius 2 is 1.75 bits per heavy atom. The highest BCUT2D eigenvalue weighted by Crippen LogP contribution is 2.30. The Labute approximate surface area is 135 Å². The third kappa shape index (κ3) is 3.21. The molecule has 0 unspecified atom stereocenters. The fraction of sp³-hybridized carbons (Fsp3) is 0.0667. The highest BCUT2D eigenvalue weighted by Gasteiger charge is 2.30. The third-order valence-electron chi connectivity index (χ3n) is 3.11. The van der Waals surface area contributed by atoms with E-state index in [0.29, 0.717) is 6.07 Å². The van der Waals surface area contributed by atoms with Crippen LogP contribution in [-0.2, 0) is 6.18 Å². The molecule has 124 valence electrons. The summed E-state index contributed by atoms with van der Waals surface area (Å²) in [6.45, 7) is 0. The molecule has 9 heteroatoms. The molecule has 0 radical (unpaired) electrons. The van der Waals surface area contributed by atoms with Gasteiger partial charge in [0.05, 0.1) is 10.3 Å². The Balaban J connectivity index is 1.83. The Bertz CT molecular complexity index is 918. The van der Waals surface area contributed by atoms with Crippen molar-refractivity contribution in [1.29, 1.82) is 0 Å². The smallest absolute Gasteiger partial charge is 0.298 e. The van der Waals surface area contributed by atoms with Crippen molar-refractivity contribution >= 4 is 32.6 Å². The minimum atomic E-state index is -4.50. The van der Waals surface area contributed by atoms with Crippen LogP contribution in [0.15, 0.2) is 36.4 Å². The van der Waals surface area contributed by atoms with Crippen molar-refractivity contribution in [2.75, 3.05) is 5.32 Å². The highest BCUT2D eigenvalue weighted by atomic mass is 32.1. The quantitative estimate of drug-likeness (QED) is 0.666. The first-order valence-corrected chi connectivity index (χ1v) is 7.30. The van der Waals surface area contributed by atoms with Crippen LogP contribution in [0.4, 0.5) is 27.1 Å². The number of nitrogens with one attached hydrogen (secondary N) is 1. The summed E-state index contributed by atoms with van der Waals surface area (Å²) >= 11 is 0.853. The summed E-state index contributed by atoms with van der Waals surface area (Å²) in [6, 6.07) is 5.34. The number of rotatable bonds is 2. The van der Waals surface area contributed by atoms with E-state index in [1.165, 1.54) is 0 Å². The van der Waals surface area contributed by atoms with Gasteiger partial charge < -0.3 is 0 Å². The fourth-order valence-electron chi connectivity index (χ4n) is 1.99. The third-order valence-corrected chi connectivity index (χ3v) is 4.03. The zero-order chi connectivity index (χ0) is 17.5. The molecule has 1 heterocycles. The average molecular weight is 358 g/mol. The number of fused-ring (bicyclic) bond motifs is 1. The second kappa shape index (κ2) is 5.82. The molecule has 0 saturated carbocycles. The molecule has 1 N–H and O–H groups in total. The first-order valence-electron chi connectivity index (χ1n) is 6.48. The second-order valence-corrected chi connectivity index (χ2v) is 5.81. The van der Waals surface area contributed by atoms with Crippen LogP contribution in [0, 0.1) is 11.6 Å². The van der Waals surface area contributed by atoms with Gasteiger partial charge in [0.2, 0.25) is 0 Å². The van der Waals surface area contributed by atoms with Crippen LogP contribution in [0.5, 0.6) is 0 Å². The normalized spacial score (nSPS) is 11.7. The molecule has 0 aliphatic heterocycles. The second-order valence-electron chi connectivity index (χ2n) is 4.78. The lowest BCUT2D eigenvalue weighted by atomic mass is 10.1. The molecule has 0 aliphatic carbocycles. The first-order chi connectivity index (χ1) is 11.2. The van der Waals surface area contributed by atoms with E-state index < -0.39 is 29.3 Å². The molecule has 0 aliphatic rings. The van der Waals surface area contributed by atoms with Crippen LogP contribution < -0.4 is 5.32 Å². The average Bonchev–Trinajstić information content (AvgIpc) is 2.89. The SMILES string of the molecule is O=C(Nc1nc2c(F)cc(F)cc2s1)c1ccc(C(F)(F)F)cc1. The van der Waals surface area contributed by atoms with Crippen LogP contribution >= 0.6 is 11.3 Å². The largest absolute Gasteiger partial charge is 0.416 e. The fourth-order valence-corrected chi connectivity index (χ4v) is 2.89. The molecule has 2 aromatic carbocycles. The molecule has 0 saturated heterocycles. The van der Waals surface area contributed by atoms with Gasteiger partial charge in [-0.25, -0.2) is 13.8 Å². The minimum Gasteiger partial charge on any atom is -0.298 e. The molecule has 1 aromatic heterocycles. The van der Waals surface area contributed by atoms with Gasteiger partial charge in [-0.2, -0.15) is 13.2 Å². The van der Waals surface area contributed by atoms with Crippen molar-refractivity contribution < 1.29 is 26.7 Å². The lowest BCUT2D eigenvalue weighted by Gasteiger charge is -2.07. The Morgan fingerprint density at radius 3 is 2.38 bits per heavy atom. The van der Waals surface area contributed by atoms with Crippen LogP contribution in [0.1, 0.15) is 15.9 Å². The number of carbonyl (C=O) groups excluding carboxylic acids is 1. The lowest BCUT2D eigenvalue weighted by molar-refractivity contribution is -0.137. The predicted octanol–water partition coefficient (Wildman–Crippen LogP) is 4.85. The molecule has 3 nitrogen and oxygen atoms in total. The summed E-state index contributed by atoms with van der Waals surface area (Å²) in [5.74, 6) is -2.34. The van der Waals surface area contributed by atoms with Gasteiger partial charge in [0.25, 0.3) is 5.91 Å². The van der Waals surface area contributed by atoms with E-state index in [9.17, 15) is 26.7 Å². The number of amides is 1. The van der Waals surface area contributed by atoms with E-state index in [1.54, 1.807) is 0 Å². The molecule has 0 bridgehead atoms. The number of carbonyl (C=O) groups is 1. The number of hydrogen-bond donors (Lipinski definition) is 1. The number of benzene rings is 2. The van der Waals surface area contributed by atoms with Crippen molar-refractivity contribution in [3.05, 3.63) is 59.2 Å². The topological polar surface area (TPSA) is 42.0 Å². The molecule has 0 atom stereocenters. The first kappa shape index (κ1) is 16.3. The Morgan fingerprint density at radius 1 is 1.08 bits per heavy atom. The van der Waals surface area contributed by atoms with Crippen molar-refractivity contribution in [3.8, 4) is 0 Å². The van der Waals surface area contributed by atoms with Crippen LogP contribution in [-0.4, -0.2) is 10.9 Å². The number of aromatic nitrogens is 1. The van der Waals surface area contributed by atoms with Gasteiger partial charge in [-0.1, -0.05) is 11.3 Å². The summed E-state index contributed by atoms with van der Waals surface area (Å²) in [5, 5.41) is 2.36. The van der Waals surface area contributed by atoms with E-state index in [2.05, 4.69) is 10.3 Å². The number of halogens is 5. The zero-order valence-corrected chi connectivity index (χ0v) is 12.4. The van der Waals surface area contributed by atoms with Gasteiger partial charge in [-0.3, -0.25) is 10.1 Å². The standard InChI is InChI=1S/C15H7F5N2OS/c16-9-5-10(17)12-11(6-9)24-14(21-12)22-13(23)7-1-3-8(4-2-7)15(18,19)20/h1-6H,(H,21,22,23). The zero-order valence-electron chi connectivity index (χ0n) is 11.6. The van der Waals surface area contributed by atoms with E-state index >= 15 is 0 Å². The van der Waals surface area contributed by atoms with Gasteiger partial charge in [-0.05, 0) is 30.3 Å². The predicted molar refractivity (Wildman–Crippen MR) is 78.9 cm³/mol. The molecule has 0 spiro atoms. The number of hydrogen-bond acceptors (Lipinski definition) is 3. The highest BCUT2D eigenvalue weighted by molar-refractivity contribution is 7.22. The number of thiazole rings is 1. The van der Waals surface area contributed by atoms with Crippen molar-refractivity contribution in [2.45, 2.75) is 6.18 Å². The lowest BCUT2D eigenvalue weighted by Crippen LogP contribution is -2.12. The van der Waals surface area contributed by atoms with Gasteiger partial charge in [0.15, 0.2) is 10.9 Å². The summed E-state index contributed by atoms with van der Waals surface area (Å²) < 4.78 is 64.3. The van der Waals surface area contributed by atoms with Crippen LogP contribution in [0.2, 0.25) is 0 Å². The van der Waals surface area contributed by atoms with Crippen molar-refractivity contribution in [1.82, 2.24) is 4.98 Å². The summed E-state index contributed by atoms with van der Waals surface area (Å²) in [4.78, 5) is 15.9. The number of nitrogens with zero attached hydrogens (tertiary/aromatic N) is 1. The van der Waals surface area contributed by atoms with Gasteiger partial charge >= 0.3 is 6.18 Å². The molecule has 1 amide bonds. The minimum absolute atomic E-state index is 0.0133. The molecule has 3 rings (SSSR count). The van der Waals surface area contributed by atoms with Gasteiger partial charge in [0.1, 0.15) is 11.3 Å². The summed E-state index contributed by atoms with van der Waals surface area (Å²) in [6.07, 6.45) is -4.50. The van der Waals surface area contributed by atoms with E-state index in [0.717, 1.165) is 41.7 Å². The molecular formula is C15H7F5N2OS. The number of anilines is 1. The van der Waals surface area contributed by atoms with Gasteiger partial charge in [-0.15, -0.1) is 0 Å².